The lowest BCUT2D eigenvalue weighted by atomic mass is 10.2. The van der Waals surface area contributed by atoms with Crippen molar-refractivity contribution in [3.05, 3.63) is 39.6 Å². The molecule has 0 aliphatic heterocycles. The van der Waals surface area contributed by atoms with E-state index in [0.29, 0.717) is 27.1 Å². The van der Waals surface area contributed by atoms with Gasteiger partial charge in [-0.2, -0.15) is 5.10 Å². The molecule has 1 aromatic carbocycles. The minimum absolute atomic E-state index is 0.146. The zero-order valence-electron chi connectivity index (χ0n) is 11.3. The van der Waals surface area contributed by atoms with Crippen LogP contribution in [0, 0.1) is 13.8 Å². The molecule has 21 heavy (non-hydrogen) atoms. The summed E-state index contributed by atoms with van der Waals surface area (Å²) in [4.78, 5) is 0.388. The Labute approximate surface area is 136 Å². The number of hydrogen-bond donors (Lipinski definition) is 3. The van der Waals surface area contributed by atoms with Gasteiger partial charge in [-0.1, -0.05) is 12.2 Å². The lowest BCUT2D eigenvalue weighted by Gasteiger charge is -2.11. The Morgan fingerprint density at radius 2 is 2.10 bits per heavy atom. The van der Waals surface area contributed by atoms with E-state index in [2.05, 4.69) is 30.8 Å². The van der Waals surface area contributed by atoms with E-state index in [1.807, 2.05) is 0 Å². The molecule has 0 aliphatic rings. The normalized spacial score (nSPS) is 11.4. The first-order valence-electron chi connectivity index (χ1n) is 5.86. The summed E-state index contributed by atoms with van der Waals surface area (Å²) in [5.41, 5.74) is 7.48. The van der Waals surface area contributed by atoms with Crippen molar-refractivity contribution >= 4 is 48.8 Å². The number of aromatic amines is 1. The topological polar surface area (TPSA) is 101 Å². The maximum absolute atomic E-state index is 12.4. The SMILES string of the molecule is Cc1n[nH]c(C)c1S(=O)(=O)Nc1ccc(C(N)=S)cc1Br. The van der Waals surface area contributed by atoms with Crippen LogP contribution in [0.2, 0.25) is 0 Å². The van der Waals surface area contributed by atoms with Crippen molar-refractivity contribution in [2.24, 2.45) is 5.73 Å². The van der Waals surface area contributed by atoms with Crippen LogP contribution in [-0.2, 0) is 10.0 Å². The molecule has 0 spiro atoms. The summed E-state index contributed by atoms with van der Waals surface area (Å²) >= 11 is 8.18. The molecule has 0 saturated heterocycles. The van der Waals surface area contributed by atoms with Gasteiger partial charge in [0, 0.05) is 10.0 Å². The van der Waals surface area contributed by atoms with E-state index < -0.39 is 10.0 Å². The molecule has 4 N–H and O–H groups in total. The summed E-state index contributed by atoms with van der Waals surface area (Å²) in [5, 5.41) is 6.55. The molecular weight excluding hydrogens is 376 g/mol. The molecule has 0 radical (unpaired) electrons. The van der Waals surface area contributed by atoms with Gasteiger partial charge in [-0.05, 0) is 48.0 Å². The Hall–Kier alpha value is -1.45. The molecule has 1 heterocycles. The van der Waals surface area contributed by atoms with Gasteiger partial charge in [0.15, 0.2) is 0 Å². The molecule has 9 heteroatoms. The summed E-state index contributed by atoms with van der Waals surface area (Å²) in [7, 11) is -3.72. The summed E-state index contributed by atoms with van der Waals surface area (Å²) < 4.78 is 27.9. The molecule has 2 rings (SSSR count). The van der Waals surface area contributed by atoms with Crippen LogP contribution in [0.1, 0.15) is 17.0 Å². The standard InChI is InChI=1S/C12H13BrN4O2S2/c1-6-11(7(2)16-15-6)21(18,19)17-10-4-3-8(12(14)20)5-9(10)13/h3-5,17H,1-2H3,(H2,14,20)(H,15,16). The quantitative estimate of drug-likeness (QED) is 0.697. The number of sulfonamides is 1. The first-order chi connectivity index (χ1) is 9.72. The largest absolute Gasteiger partial charge is 0.389 e. The second-order valence-corrected chi connectivity index (χ2v) is 7.34. The van der Waals surface area contributed by atoms with Gasteiger partial charge in [-0.3, -0.25) is 9.82 Å². The minimum Gasteiger partial charge on any atom is -0.389 e. The molecule has 112 valence electrons. The van der Waals surface area contributed by atoms with Crippen molar-refractivity contribution in [2.75, 3.05) is 4.72 Å². The number of rotatable bonds is 4. The highest BCUT2D eigenvalue weighted by molar-refractivity contribution is 9.10. The smallest absolute Gasteiger partial charge is 0.265 e. The van der Waals surface area contributed by atoms with Crippen molar-refractivity contribution in [1.82, 2.24) is 10.2 Å². The number of thiocarbonyl (C=S) groups is 1. The monoisotopic (exact) mass is 388 g/mol. The van der Waals surface area contributed by atoms with Gasteiger partial charge in [0.25, 0.3) is 10.0 Å². The molecular formula is C12H13BrN4O2S2. The molecule has 0 bridgehead atoms. The molecule has 0 aliphatic carbocycles. The molecule has 0 atom stereocenters. The number of aromatic nitrogens is 2. The molecule has 2 aromatic rings. The van der Waals surface area contributed by atoms with Crippen LogP contribution < -0.4 is 10.5 Å². The average molecular weight is 389 g/mol. The maximum atomic E-state index is 12.4. The highest BCUT2D eigenvalue weighted by Gasteiger charge is 2.23. The highest BCUT2D eigenvalue weighted by atomic mass is 79.9. The number of halogens is 1. The zero-order chi connectivity index (χ0) is 15.8. The minimum atomic E-state index is -3.72. The average Bonchev–Trinajstić information content (AvgIpc) is 2.71. The van der Waals surface area contributed by atoms with Crippen LogP contribution in [0.25, 0.3) is 0 Å². The van der Waals surface area contributed by atoms with Crippen LogP contribution in [0.4, 0.5) is 5.69 Å². The second-order valence-electron chi connectivity index (χ2n) is 4.43. The number of hydrogen-bond acceptors (Lipinski definition) is 4. The summed E-state index contributed by atoms with van der Waals surface area (Å²) in [5.74, 6) is 0. The van der Waals surface area contributed by atoms with E-state index in [9.17, 15) is 8.42 Å². The van der Waals surface area contributed by atoms with Crippen LogP contribution in [0.5, 0.6) is 0 Å². The fourth-order valence-corrected chi connectivity index (χ4v) is 4.07. The van der Waals surface area contributed by atoms with Crippen LogP contribution in [0.3, 0.4) is 0 Å². The Bertz CT molecular complexity index is 795. The van der Waals surface area contributed by atoms with Gasteiger partial charge in [0.2, 0.25) is 0 Å². The zero-order valence-corrected chi connectivity index (χ0v) is 14.5. The number of aryl methyl sites for hydroxylation is 2. The van der Waals surface area contributed by atoms with E-state index in [1.165, 1.54) is 0 Å². The van der Waals surface area contributed by atoms with Crippen molar-refractivity contribution in [3.8, 4) is 0 Å². The van der Waals surface area contributed by atoms with Crippen molar-refractivity contribution in [3.63, 3.8) is 0 Å². The fraction of sp³-hybridized carbons (Fsp3) is 0.167. The predicted molar refractivity (Wildman–Crippen MR) is 88.9 cm³/mol. The third-order valence-corrected chi connectivity index (χ3v) is 5.35. The van der Waals surface area contributed by atoms with E-state index >= 15 is 0 Å². The predicted octanol–water partition coefficient (Wildman–Crippen LogP) is 2.22. The summed E-state index contributed by atoms with van der Waals surface area (Å²) in [6.45, 7) is 3.28. The van der Waals surface area contributed by atoms with Crippen LogP contribution >= 0.6 is 28.1 Å². The van der Waals surface area contributed by atoms with Crippen LogP contribution in [0.15, 0.2) is 27.6 Å². The first-order valence-corrected chi connectivity index (χ1v) is 8.54. The fourth-order valence-electron chi connectivity index (χ4n) is 1.88. The third kappa shape index (κ3) is 3.25. The summed E-state index contributed by atoms with van der Waals surface area (Å²) in [6.07, 6.45) is 0. The Morgan fingerprint density at radius 1 is 1.43 bits per heavy atom. The number of nitrogens with zero attached hydrogens (tertiary/aromatic N) is 1. The third-order valence-electron chi connectivity index (χ3n) is 2.83. The molecule has 6 nitrogen and oxygen atoms in total. The van der Waals surface area contributed by atoms with Crippen molar-refractivity contribution in [2.45, 2.75) is 18.7 Å². The van der Waals surface area contributed by atoms with Gasteiger partial charge in [-0.25, -0.2) is 8.42 Å². The van der Waals surface area contributed by atoms with Gasteiger partial charge < -0.3 is 5.73 Å². The van der Waals surface area contributed by atoms with Gasteiger partial charge >= 0.3 is 0 Å². The maximum Gasteiger partial charge on any atom is 0.265 e. The Kier molecular flexibility index (Phi) is 4.35. The van der Waals surface area contributed by atoms with Crippen molar-refractivity contribution in [1.29, 1.82) is 0 Å². The van der Waals surface area contributed by atoms with Gasteiger partial charge in [0.1, 0.15) is 9.88 Å². The van der Waals surface area contributed by atoms with E-state index in [4.69, 9.17) is 18.0 Å². The second kappa shape index (κ2) is 5.74. The van der Waals surface area contributed by atoms with Gasteiger partial charge in [-0.15, -0.1) is 0 Å². The van der Waals surface area contributed by atoms with E-state index in [1.54, 1.807) is 32.0 Å². The number of anilines is 1. The molecule has 0 unspecified atom stereocenters. The Morgan fingerprint density at radius 3 is 2.57 bits per heavy atom. The van der Waals surface area contributed by atoms with Crippen LogP contribution in [-0.4, -0.2) is 23.6 Å². The first kappa shape index (κ1) is 15.9. The number of H-pyrrole nitrogens is 1. The number of benzene rings is 1. The Balaban J connectivity index is 2.40. The summed E-state index contributed by atoms with van der Waals surface area (Å²) in [6, 6.07) is 4.91. The molecule has 0 amide bonds. The molecule has 1 aromatic heterocycles. The molecule has 0 fully saturated rings. The number of nitrogens with one attached hydrogen (secondary N) is 2. The lowest BCUT2D eigenvalue weighted by molar-refractivity contribution is 0.600. The van der Waals surface area contributed by atoms with Gasteiger partial charge in [0.05, 0.1) is 17.1 Å². The highest BCUT2D eigenvalue weighted by Crippen LogP contribution is 2.27. The van der Waals surface area contributed by atoms with E-state index in [-0.39, 0.29) is 9.88 Å². The van der Waals surface area contributed by atoms with E-state index in [0.717, 1.165) is 0 Å². The van der Waals surface area contributed by atoms with Crippen molar-refractivity contribution < 1.29 is 8.42 Å². The number of nitrogens with two attached hydrogens (primary N) is 1. The lowest BCUT2D eigenvalue weighted by Crippen LogP contribution is -2.15. The molecule has 0 saturated carbocycles.